The van der Waals surface area contributed by atoms with Crippen LogP contribution in [0.25, 0.3) is 0 Å². The van der Waals surface area contributed by atoms with Crippen LogP contribution in [0.5, 0.6) is 0 Å². The number of halogens is 1. The number of hydrogen-bond acceptors (Lipinski definition) is 2. The topological polar surface area (TPSA) is 32.3 Å². The van der Waals surface area contributed by atoms with E-state index < -0.39 is 0 Å². The zero-order valence-electron chi connectivity index (χ0n) is 12.2. The first-order chi connectivity index (χ1) is 9.60. The van der Waals surface area contributed by atoms with Crippen molar-refractivity contribution in [2.75, 3.05) is 19.6 Å². The number of alkyl halides is 1. The average Bonchev–Trinajstić information content (AvgIpc) is 2.94. The van der Waals surface area contributed by atoms with Gasteiger partial charge in [0.25, 0.3) is 5.91 Å². The van der Waals surface area contributed by atoms with E-state index in [0.29, 0.717) is 23.4 Å². The minimum absolute atomic E-state index is 0.0000337. The summed E-state index contributed by atoms with van der Waals surface area (Å²) in [6.07, 6.45) is 1.17. The number of hydrogen-bond donors (Lipinski definition) is 1. The Kier molecular flexibility index (Phi) is 5.44. The molecule has 4 heteroatoms. The van der Waals surface area contributed by atoms with Gasteiger partial charge in [-0.05, 0) is 50.4 Å². The van der Waals surface area contributed by atoms with Gasteiger partial charge in [0, 0.05) is 30.6 Å². The number of carbonyl (C=O) groups excluding carboxylic acids is 1. The molecule has 0 spiro atoms. The van der Waals surface area contributed by atoms with Gasteiger partial charge in [0.15, 0.2) is 0 Å². The van der Waals surface area contributed by atoms with Gasteiger partial charge in [-0.3, -0.25) is 4.79 Å². The van der Waals surface area contributed by atoms with E-state index in [0.717, 1.165) is 25.2 Å². The molecule has 1 aliphatic heterocycles. The Bertz CT molecular complexity index is 462. The van der Waals surface area contributed by atoms with Crippen molar-refractivity contribution in [2.45, 2.75) is 32.2 Å². The molecule has 20 heavy (non-hydrogen) atoms. The molecule has 0 bridgehead atoms. The molecule has 1 N–H and O–H groups in total. The molecule has 1 heterocycles. The van der Waals surface area contributed by atoms with Crippen molar-refractivity contribution in [1.29, 1.82) is 0 Å². The van der Waals surface area contributed by atoms with E-state index >= 15 is 0 Å². The lowest BCUT2D eigenvalue weighted by Gasteiger charge is -2.20. The quantitative estimate of drug-likeness (QED) is 0.847. The Morgan fingerprint density at radius 1 is 1.50 bits per heavy atom. The second-order valence-corrected chi connectivity index (χ2v) is 6.05. The second kappa shape index (κ2) is 7.09. The molecule has 110 valence electrons. The van der Waals surface area contributed by atoms with E-state index in [9.17, 15) is 4.79 Å². The maximum atomic E-state index is 12.1. The summed E-state index contributed by atoms with van der Waals surface area (Å²) in [5.41, 5.74) is 1.67. The predicted molar refractivity (Wildman–Crippen MR) is 83.1 cm³/mol. The third kappa shape index (κ3) is 3.97. The van der Waals surface area contributed by atoms with Crippen molar-refractivity contribution in [3.05, 3.63) is 35.4 Å². The molecule has 3 nitrogen and oxygen atoms in total. The number of rotatable bonds is 5. The van der Waals surface area contributed by atoms with Gasteiger partial charge in [0.2, 0.25) is 0 Å². The maximum absolute atomic E-state index is 12.1. The number of likely N-dealkylation sites (tertiary alicyclic amines) is 1. The first-order valence-corrected chi connectivity index (χ1v) is 7.80. The molecule has 1 unspecified atom stereocenters. The Morgan fingerprint density at radius 2 is 2.30 bits per heavy atom. The van der Waals surface area contributed by atoms with Crippen molar-refractivity contribution in [1.82, 2.24) is 10.2 Å². The predicted octanol–water partition coefficient (Wildman–Crippen LogP) is 2.89. The van der Waals surface area contributed by atoms with E-state index in [1.807, 2.05) is 24.3 Å². The van der Waals surface area contributed by atoms with Crippen LogP contribution < -0.4 is 5.32 Å². The Balaban J connectivity index is 1.83. The summed E-state index contributed by atoms with van der Waals surface area (Å²) < 4.78 is 0. The minimum atomic E-state index is -0.0000337. The summed E-state index contributed by atoms with van der Waals surface area (Å²) in [6.45, 7) is 7.42. The summed E-state index contributed by atoms with van der Waals surface area (Å²) in [5, 5.41) is 3.04. The lowest BCUT2D eigenvalue weighted by molar-refractivity contribution is 0.0947. The molecule has 0 radical (unpaired) electrons. The summed E-state index contributed by atoms with van der Waals surface area (Å²) in [4.78, 5) is 14.6. The summed E-state index contributed by atoms with van der Waals surface area (Å²) in [7, 11) is 0. The van der Waals surface area contributed by atoms with E-state index in [1.165, 1.54) is 6.42 Å². The molecule has 1 aliphatic rings. The largest absolute Gasteiger partial charge is 0.352 e. The van der Waals surface area contributed by atoms with Crippen molar-refractivity contribution >= 4 is 17.5 Å². The Morgan fingerprint density at radius 3 is 2.95 bits per heavy atom. The number of carbonyl (C=O) groups is 1. The molecule has 0 aromatic heterocycles. The molecule has 1 amide bonds. The molecule has 1 saturated heterocycles. The highest BCUT2D eigenvalue weighted by atomic mass is 35.5. The normalized spacial score (nSPS) is 19.5. The highest BCUT2D eigenvalue weighted by Crippen LogP contribution is 2.17. The third-order valence-electron chi connectivity index (χ3n) is 3.94. The van der Waals surface area contributed by atoms with Gasteiger partial charge in [-0.25, -0.2) is 0 Å². The van der Waals surface area contributed by atoms with Crippen LogP contribution in [-0.2, 0) is 5.88 Å². The fraction of sp³-hybridized carbons (Fsp3) is 0.562. The van der Waals surface area contributed by atoms with Gasteiger partial charge >= 0.3 is 0 Å². The number of amides is 1. The minimum Gasteiger partial charge on any atom is -0.352 e. The van der Waals surface area contributed by atoms with E-state index in [-0.39, 0.29) is 5.91 Å². The van der Waals surface area contributed by atoms with Crippen molar-refractivity contribution < 1.29 is 4.79 Å². The molecule has 2 rings (SSSR count). The highest BCUT2D eigenvalue weighted by Gasteiger charge is 2.24. The lowest BCUT2D eigenvalue weighted by atomic mass is 10.1. The van der Waals surface area contributed by atoms with Crippen molar-refractivity contribution in [3.8, 4) is 0 Å². The monoisotopic (exact) mass is 294 g/mol. The standard InChI is InChI=1S/C16H23ClN2O/c1-12(2)19-7-6-14(11-19)10-18-16(20)15-5-3-4-13(8-15)9-17/h3-5,8,12,14H,6-7,9-11H2,1-2H3,(H,18,20). The van der Waals surface area contributed by atoms with Gasteiger partial charge in [-0.2, -0.15) is 0 Å². The first-order valence-electron chi connectivity index (χ1n) is 7.27. The highest BCUT2D eigenvalue weighted by molar-refractivity contribution is 6.17. The van der Waals surface area contributed by atoms with Crippen LogP contribution in [-0.4, -0.2) is 36.5 Å². The smallest absolute Gasteiger partial charge is 0.251 e. The Hall–Kier alpha value is -1.06. The molecule has 1 aromatic rings. The molecular weight excluding hydrogens is 272 g/mol. The number of nitrogens with one attached hydrogen (secondary N) is 1. The van der Waals surface area contributed by atoms with Crippen LogP contribution in [0.15, 0.2) is 24.3 Å². The van der Waals surface area contributed by atoms with Crippen LogP contribution in [0.2, 0.25) is 0 Å². The number of benzene rings is 1. The van der Waals surface area contributed by atoms with Gasteiger partial charge in [-0.1, -0.05) is 12.1 Å². The zero-order chi connectivity index (χ0) is 14.5. The van der Waals surface area contributed by atoms with Crippen molar-refractivity contribution in [3.63, 3.8) is 0 Å². The number of nitrogens with zero attached hydrogens (tertiary/aromatic N) is 1. The maximum Gasteiger partial charge on any atom is 0.251 e. The summed E-state index contributed by atoms with van der Waals surface area (Å²) >= 11 is 5.79. The van der Waals surface area contributed by atoms with Gasteiger partial charge < -0.3 is 10.2 Å². The lowest BCUT2D eigenvalue weighted by Crippen LogP contribution is -2.33. The van der Waals surface area contributed by atoms with Crippen LogP contribution >= 0.6 is 11.6 Å². The van der Waals surface area contributed by atoms with Gasteiger partial charge in [-0.15, -0.1) is 11.6 Å². The summed E-state index contributed by atoms with van der Waals surface area (Å²) in [6, 6.07) is 8.10. The van der Waals surface area contributed by atoms with Crippen LogP contribution in [0.4, 0.5) is 0 Å². The van der Waals surface area contributed by atoms with E-state index in [4.69, 9.17) is 11.6 Å². The molecule has 0 saturated carbocycles. The average molecular weight is 295 g/mol. The molecule has 1 atom stereocenters. The van der Waals surface area contributed by atoms with Crippen LogP contribution in [0, 0.1) is 5.92 Å². The molecule has 0 aliphatic carbocycles. The molecular formula is C16H23ClN2O. The zero-order valence-corrected chi connectivity index (χ0v) is 13.0. The molecule has 1 aromatic carbocycles. The van der Waals surface area contributed by atoms with Gasteiger partial charge in [0.05, 0.1) is 0 Å². The van der Waals surface area contributed by atoms with Gasteiger partial charge in [0.1, 0.15) is 0 Å². The Labute approximate surface area is 126 Å². The fourth-order valence-corrected chi connectivity index (χ4v) is 2.80. The summed E-state index contributed by atoms with van der Waals surface area (Å²) in [5.74, 6) is 1.00. The SMILES string of the molecule is CC(C)N1CCC(CNC(=O)c2cccc(CCl)c2)C1. The first kappa shape index (κ1) is 15.3. The van der Waals surface area contributed by atoms with Crippen LogP contribution in [0.1, 0.15) is 36.2 Å². The van der Waals surface area contributed by atoms with E-state index in [1.54, 1.807) is 0 Å². The van der Waals surface area contributed by atoms with Crippen molar-refractivity contribution in [2.24, 2.45) is 5.92 Å². The third-order valence-corrected chi connectivity index (χ3v) is 4.25. The molecule has 1 fully saturated rings. The van der Waals surface area contributed by atoms with E-state index in [2.05, 4.69) is 24.1 Å². The fourth-order valence-electron chi connectivity index (χ4n) is 2.63. The van der Waals surface area contributed by atoms with Crippen LogP contribution in [0.3, 0.4) is 0 Å². The second-order valence-electron chi connectivity index (χ2n) is 5.79.